The SMILES string of the molecule is Cc1cccc(N(CC(=O)N(Cc2cccc(Br)c2)[C@@H](C)C(=O)NC(C)C)S(C)(=O)=O)c1C. The summed E-state index contributed by atoms with van der Waals surface area (Å²) in [7, 11) is -3.75. The Bertz CT molecular complexity index is 1120. The van der Waals surface area contributed by atoms with Crippen molar-refractivity contribution in [2.24, 2.45) is 0 Å². The maximum atomic E-state index is 13.5. The molecule has 0 aliphatic heterocycles. The molecule has 0 radical (unpaired) electrons. The molecule has 9 heteroatoms. The smallest absolute Gasteiger partial charge is 0.244 e. The van der Waals surface area contributed by atoms with E-state index in [0.29, 0.717) is 5.69 Å². The average molecular weight is 539 g/mol. The van der Waals surface area contributed by atoms with E-state index in [1.807, 2.05) is 58.0 Å². The molecule has 1 N–H and O–H groups in total. The van der Waals surface area contributed by atoms with E-state index in [0.717, 1.165) is 31.7 Å². The summed E-state index contributed by atoms with van der Waals surface area (Å²) < 4.78 is 27.3. The van der Waals surface area contributed by atoms with Gasteiger partial charge in [0, 0.05) is 17.1 Å². The fraction of sp³-hybridized carbons (Fsp3) is 0.417. The third kappa shape index (κ3) is 7.30. The second-order valence-corrected chi connectivity index (χ2v) is 11.3. The van der Waals surface area contributed by atoms with E-state index in [1.54, 1.807) is 19.1 Å². The van der Waals surface area contributed by atoms with Gasteiger partial charge in [0.15, 0.2) is 0 Å². The third-order valence-electron chi connectivity index (χ3n) is 5.36. The predicted molar refractivity (Wildman–Crippen MR) is 136 cm³/mol. The van der Waals surface area contributed by atoms with Crippen molar-refractivity contribution in [3.8, 4) is 0 Å². The van der Waals surface area contributed by atoms with Crippen LogP contribution in [0.2, 0.25) is 0 Å². The van der Waals surface area contributed by atoms with Crippen molar-refractivity contribution in [1.29, 1.82) is 0 Å². The summed E-state index contributed by atoms with van der Waals surface area (Å²) in [6.45, 7) is 8.81. The number of hydrogen-bond acceptors (Lipinski definition) is 4. The quantitative estimate of drug-likeness (QED) is 0.527. The molecule has 180 valence electrons. The Hall–Kier alpha value is -2.39. The summed E-state index contributed by atoms with van der Waals surface area (Å²) in [5, 5.41) is 2.83. The largest absolute Gasteiger partial charge is 0.352 e. The number of carbonyl (C=O) groups excluding carboxylic acids is 2. The highest BCUT2D eigenvalue weighted by Crippen LogP contribution is 2.25. The van der Waals surface area contributed by atoms with Crippen molar-refractivity contribution in [2.75, 3.05) is 17.1 Å². The zero-order valence-corrected chi connectivity index (χ0v) is 22.3. The standard InChI is InChI=1S/C24H32BrN3O4S/c1-16(2)26-24(30)19(5)27(14-20-10-8-11-21(25)13-20)23(29)15-28(33(6,31)32)22-12-7-9-17(3)18(22)4/h7-13,16,19H,14-15H2,1-6H3,(H,26,30)/t19-/m0/s1. The lowest BCUT2D eigenvalue weighted by Gasteiger charge is -2.32. The minimum atomic E-state index is -3.75. The Labute approximate surface area is 205 Å². The van der Waals surface area contributed by atoms with Crippen LogP contribution in [0.5, 0.6) is 0 Å². The van der Waals surface area contributed by atoms with Gasteiger partial charge in [0.1, 0.15) is 12.6 Å². The number of nitrogens with zero attached hydrogens (tertiary/aromatic N) is 2. The van der Waals surface area contributed by atoms with Crippen LogP contribution < -0.4 is 9.62 Å². The van der Waals surface area contributed by atoms with Crippen LogP contribution in [0.4, 0.5) is 5.69 Å². The first-order valence-corrected chi connectivity index (χ1v) is 13.3. The monoisotopic (exact) mass is 537 g/mol. The summed E-state index contributed by atoms with van der Waals surface area (Å²) in [5.74, 6) is -0.765. The van der Waals surface area contributed by atoms with Gasteiger partial charge < -0.3 is 10.2 Å². The topological polar surface area (TPSA) is 86.8 Å². The van der Waals surface area contributed by atoms with Crippen molar-refractivity contribution in [2.45, 2.75) is 53.2 Å². The molecule has 0 saturated carbocycles. The highest BCUT2D eigenvalue weighted by molar-refractivity contribution is 9.10. The average Bonchev–Trinajstić information content (AvgIpc) is 2.70. The van der Waals surface area contributed by atoms with E-state index in [1.165, 1.54) is 4.90 Å². The number of nitrogens with one attached hydrogen (secondary N) is 1. The van der Waals surface area contributed by atoms with Gasteiger partial charge in [-0.05, 0) is 69.5 Å². The molecule has 2 rings (SSSR count). The molecule has 0 aromatic heterocycles. The summed E-state index contributed by atoms with van der Waals surface area (Å²) in [4.78, 5) is 27.7. The second-order valence-electron chi connectivity index (χ2n) is 8.48. The number of carbonyl (C=O) groups is 2. The lowest BCUT2D eigenvalue weighted by Crippen LogP contribution is -2.52. The summed E-state index contributed by atoms with van der Waals surface area (Å²) >= 11 is 3.43. The molecule has 0 fully saturated rings. The van der Waals surface area contributed by atoms with Crippen molar-refractivity contribution in [1.82, 2.24) is 10.2 Å². The molecule has 33 heavy (non-hydrogen) atoms. The minimum absolute atomic E-state index is 0.0924. The number of amides is 2. The van der Waals surface area contributed by atoms with Gasteiger partial charge in [-0.1, -0.05) is 40.2 Å². The van der Waals surface area contributed by atoms with Gasteiger partial charge in [0.25, 0.3) is 0 Å². The van der Waals surface area contributed by atoms with Crippen LogP contribution in [0.3, 0.4) is 0 Å². The van der Waals surface area contributed by atoms with Crippen LogP contribution in [-0.2, 0) is 26.2 Å². The molecule has 0 spiro atoms. The first kappa shape index (κ1) is 26.9. The Balaban J connectivity index is 2.44. The highest BCUT2D eigenvalue weighted by Gasteiger charge is 2.30. The molecule has 1 atom stereocenters. The van der Waals surface area contributed by atoms with Crippen molar-refractivity contribution in [3.05, 3.63) is 63.6 Å². The lowest BCUT2D eigenvalue weighted by atomic mass is 10.1. The number of anilines is 1. The number of aryl methyl sites for hydroxylation is 1. The van der Waals surface area contributed by atoms with E-state index in [-0.39, 0.29) is 18.5 Å². The van der Waals surface area contributed by atoms with Crippen LogP contribution >= 0.6 is 15.9 Å². The molecule has 2 aromatic carbocycles. The fourth-order valence-electron chi connectivity index (χ4n) is 3.42. The Morgan fingerprint density at radius 2 is 1.70 bits per heavy atom. The third-order valence-corrected chi connectivity index (χ3v) is 6.98. The van der Waals surface area contributed by atoms with E-state index in [2.05, 4.69) is 21.2 Å². The van der Waals surface area contributed by atoms with Gasteiger partial charge >= 0.3 is 0 Å². The van der Waals surface area contributed by atoms with E-state index in [9.17, 15) is 18.0 Å². The molecule has 0 unspecified atom stereocenters. The number of benzene rings is 2. The molecule has 2 amide bonds. The maximum Gasteiger partial charge on any atom is 0.244 e. The van der Waals surface area contributed by atoms with Crippen LogP contribution in [0.25, 0.3) is 0 Å². The predicted octanol–water partition coefficient (Wildman–Crippen LogP) is 3.77. The summed E-state index contributed by atoms with van der Waals surface area (Å²) in [6.07, 6.45) is 1.08. The van der Waals surface area contributed by atoms with Gasteiger partial charge in [0.05, 0.1) is 11.9 Å². The first-order chi connectivity index (χ1) is 15.3. The Morgan fingerprint density at radius 1 is 1.06 bits per heavy atom. The van der Waals surface area contributed by atoms with E-state index >= 15 is 0 Å². The van der Waals surface area contributed by atoms with Crippen molar-refractivity contribution >= 4 is 43.5 Å². The van der Waals surface area contributed by atoms with E-state index in [4.69, 9.17) is 0 Å². The maximum absolute atomic E-state index is 13.5. The van der Waals surface area contributed by atoms with Crippen molar-refractivity contribution in [3.63, 3.8) is 0 Å². The summed E-state index contributed by atoms with van der Waals surface area (Å²) in [5.41, 5.74) is 2.97. The fourth-order valence-corrected chi connectivity index (χ4v) is 4.77. The number of hydrogen-bond donors (Lipinski definition) is 1. The molecule has 0 heterocycles. The number of rotatable bonds is 9. The normalized spacial score (nSPS) is 12.4. The Morgan fingerprint density at radius 3 is 2.27 bits per heavy atom. The summed E-state index contributed by atoms with van der Waals surface area (Å²) in [6, 6.07) is 11.9. The van der Waals surface area contributed by atoms with Gasteiger partial charge in [-0.2, -0.15) is 0 Å². The zero-order chi connectivity index (χ0) is 24.9. The lowest BCUT2D eigenvalue weighted by molar-refractivity contribution is -0.139. The van der Waals surface area contributed by atoms with Crippen LogP contribution in [0.1, 0.15) is 37.5 Å². The molecule has 0 bridgehead atoms. The zero-order valence-electron chi connectivity index (χ0n) is 19.9. The van der Waals surface area contributed by atoms with Crippen molar-refractivity contribution < 1.29 is 18.0 Å². The molecule has 0 saturated heterocycles. The molecule has 7 nitrogen and oxygen atoms in total. The first-order valence-electron chi connectivity index (χ1n) is 10.7. The van der Waals surface area contributed by atoms with Crippen LogP contribution in [-0.4, -0.2) is 50.0 Å². The number of halogens is 1. The van der Waals surface area contributed by atoms with Crippen LogP contribution in [0.15, 0.2) is 46.9 Å². The molecule has 0 aliphatic carbocycles. The van der Waals surface area contributed by atoms with Gasteiger partial charge in [-0.25, -0.2) is 8.42 Å². The van der Waals surface area contributed by atoms with E-state index < -0.39 is 28.5 Å². The van der Waals surface area contributed by atoms with Gasteiger partial charge in [-0.3, -0.25) is 13.9 Å². The molecular weight excluding hydrogens is 506 g/mol. The van der Waals surface area contributed by atoms with Gasteiger partial charge in [-0.15, -0.1) is 0 Å². The van der Waals surface area contributed by atoms with Gasteiger partial charge in [0.2, 0.25) is 21.8 Å². The number of sulfonamides is 1. The second kappa shape index (κ2) is 11.2. The molecule has 0 aliphatic rings. The van der Waals surface area contributed by atoms with Crippen LogP contribution in [0, 0.1) is 13.8 Å². The Kier molecular flexibility index (Phi) is 9.08. The molecular formula is C24H32BrN3O4S. The minimum Gasteiger partial charge on any atom is -0.352 e. The highest BCUT2D eigenvalue weighted by atomic mass is 79.9. The molecule has 2 aromatic rings.